The van der Waals surface area contributed by atoms with Crippen molar-refractivity contribution in [2.75, 3.05) is 20.1 Å². The lowest BCUT2D eigenvalue weighted by molar-refractivity contribution is 0.167. The van der Waals surface area contributed by atoms with Gasteiger partial charge < -0.3 is 15.5 Å². The third kappa shape index (κ3) is 4.97. The Hall–Kier alpha value is -1.14. The molecule has 21 heavy (non-hydrogen) atoms. The number of nitrogens with zero attached hydrogens (tertiary/aromatic N) is 3. The standard InChI is InChI=1S/C15H27N5S/c1-11(2)20-7-5-13(6-8-20)19-15(16-4)17-9-14-18-12(3)10-21-14/h10-11,13H,5-9H2,1-4H3,(H2,16,17,19). The maximum absolute atomic E-state index is 4.46. The van der Waals surface area contributed by atoms with Crippen molar-refractivity contribution in [2.45, 2.75) is 52.2 Å². The maximum atomic E-state index is 4.46. The van der Waals surface area contributed by atoms with Gasteiger partial charge in [0.2, 0.25) is 0 Å². The second-order valence-electron chi connectivity index (χ2n) is 5.86. The summed E-state index contributed by atoms with van der Waals surface area (Å²) in [5, 5.41) is 10.1. The minimum Gasteiger partial charge on any atom is -0.354 e. The van der Waals surface area contributed by atoms with E-state index in [0.29, 0.717) is 12.1 Å². The lowest BCUT2D eigenvalue weighted by atomic mass is 10.0. The molecule has 0 aromatic carbocycles. The van der Waals surface area contributed by atoms with E-state index in [9.17, 15) is 0 Å². The molecule has 0 amide bonds. The molecule has 1 aromatic rings. The minimum atomic E-state index is 0.518. The molecule has 6 heteroatoms. The van der Waals surface area contributed by atoms with Crippen LogP contribution in [0.25, 0.3) is 0 Å². The summed E-state index contributed by atoms with van der Waals surface area (Å²) in [4.78, 5) is 11.3. The van der Waals surface area contributed by atoms with Gasteiger partial charge in [0.15, 0.2) is 5.96 Å². The lowest BCUT2D eigenvalue weighted by Gasteiger charge is -2.35. The van der Waals surface area contributed by atoms with Gasteiger partial charge >= 0.3 is 0 Å². The molecule has 0 unspecified atom stereocenters. The Balaban J connectivity index is 1.75. The summed E-state index contributed by atoms with van der Waals surface area (Å²) >= 11 is 1.69. The molecule has 1 aromatic heterocycles. The summed E-state index contributed by atoms with van der Waals surface area (Å²) < 4.78 is 0. The van der Waals surface area contributed by atoms with Crippen LogP contribution in [0, 0.1) is 6.92 Å². The van der Waals surface area contributed by atoms with Gasteiger partial charge in [0, 0.05) is 43.3 Å². The number of rotatable bonds is 4. The first kappa shape index (κ1) is 16.2. The molecule has 0 radical (unpaired) electrons. The molecule has 0 spiro atoms. The molecule has 5 nitrogen and oxygen atoms in total. The number of piperidine rings is 1. The first-order chi connectivity index (χ1) is 10.1. The average molecular weight is 309 g/mol. The van der Waals surface area contributed by atoms with Gasteiger partial charge in [-0.2, -0.15) is 0 Å². The summed E-state index contributed by atoms with van der Waals surface area (Å²) in [6.45, 7) is 9.63. The highest BCUT2D eigenvalue weighted by atomic mass is 32.1. The molecule has 0 atom stereocenters. The normalized spacial score (nSPS) is 18.2. The van der Waals surface area contributed by atoms with Crippen LogP contribution in [-0.2, 0) is 6.54 Å². The number of thiazole rings is 1. The van der Waals surface area contributed by atoms with Crippen molar-refractivity contribution in [3.63, 3.8) is 0 Å². The number of hydrogen-bond acceptors (Lipinski definition) is 4. The number of aromatic nitrogens is 1. The van der Waals surface area contributed by atoms with Crippen LogP contribution in [0.1, 0.15) is 37.4 Å². The number of nitrogens with one attached hydrogen (secondary N) is 2. The monoisotopic (exact) mass is 309 g/mol. The quantitative estimate of drug-likeness (QED) is 0.660. The fourth-order valence-corrected chi connectivity index (χ4v) is 3.30. The molecule has 0 bridgehead atoms. The summed E-state index contributed by atoms with van der Waals surface area (Å²) in [7, 11) is 1.83. The highest BCUT2D eigenvalue weighted by molar-refractivity contribution is 7.09. The Morgan fingerprint density at radius 3 is 2.71 bits per heavy atom. The Morgan fingerprint density at radius 2 is 2.19 bits per heavy atom. The van der Waals surface area contributed by atoms with E-state index in [1.54, 1.807) is 11.3 Å². The summed E-state index contributed by atoms with van der Waals surface area (Å²) in [6, 6.07) is 1.17. The number of likely N-dealkylation sites (tertiary alicyclic amines) is 1. The van der Waals surface area contributed by atoms with Crippen LogP contribution >= 0.6 is 11.3 Å². The van der Waals surface area contributed by atoms with E-state index in [1.807, 2.05) is 14.0 Å². The molecular formula is C15H27N5S. The SMILES string of the molecule is CN=C(NCc1nc(C)cs1)NC1CCN(C(C)C)CC1. The Labute approximate surface area is 131 Å². The van der Waals surface area contributed by atoms with Crippen LogP contribution < -0.4 is 10.6 Å². The van der Waals surface area contributed by atoms with Crippen molar-refractivity contribution in [2.24, 2.45) is 4.99 Å². The number of hydrogen-bond donors (Lipinski definition) is 2. The molecule has 1 fully saturated rings. The van der Waals surface area contributed by atoms with Crippen molar-refractivity contribution in [1.82, 2.24) is 20.5 Å². The number of aryl methyl sites for hydroxylation is 1. The van der Waals surface area contributed by atoms with Crippen molar-refractivity contribution < 1.29 is 0 Å². The number of guanidine groups is 1. The molecule has 1 saturated heterocycles. The van der Waals surface area contributed by atoms with Crippen molar-refractivity contribution in [3.05, 3.63) is 16.1 Å². The molecular weight excluding hydrogens is 282 g/mol. The molecule has 0 saturated carbocycles. The topological polar surface area (TPSA) is 52.6 Å². The second kappa shape index (κ2) is 7.75. The first-order valence-electron chi connectivity index (χ1n) is 7.70. The lowest BCUT2D eigenvalue weighted by Crippen LogP contribution is -2.49. The van der Waals surface area contributed by atoms with E-state index < -0.39 is 0 Å². The largest absolute Gasteiger partial charge is 0.354 e. The molecule has 2 N–H and O–H groups in total. The molecule has 118 valence electrons. The highest BCUT2D eigenvalue weighted by Crippen LogP contribution is 2.13. The van der Waals surface area contributed by atoms with Gasteiger partial charge in [-0.25, -0.2) is 4.98 Å². The Morgan fingerprint density at radius 1 is 1.48 bits per heavy atom. The molecule has 2 heterocycles. The third-order valence-corrected chi connectivity index (χ3v) is 4.86. The van der Waals surface area contributed by atoms with E-state index >= 15 is 0 Å². The van der Waals surface area contributed by atoms with Gasteiger partial charge in [0.05, 0.1) is 6.54 Å². The van der Waals surface area contributed by atoms with E-state index in [1.165, 1.54) is 12.8 Å². The van der Waals surface area contributed by atoms with Crippen LogP contribution in [0.5, 0.6) is 0 Å². The first-order valence-corrected chi connectivity index (χ1v) is 8.58. The smallest absolute Gasteiger partial charge is 0.191 e. The Bertz CT molecular complexity index is 460. The zero-order valence-corrected chi connectivity index (χ0v) is 14.3. The van der Waals surface area contributed by atoms with E-state index in [2.05, 4.69) is 44.7 Å². The summed E-state index contributed by atoms with van der Waals surface area (Å²) in [5.74, 6) is 0.880. The van der Waals surface area contributed by atoms with Crippen LogP contribution in [0.3, 0.4) is 0 Å². The molecule has 1 aliphatic heterocycles. The second-order valence-corrected chi connectivity index (χ2v) is 6.80. The zero-order valence-electron chi connectivity index (χ0n) is 13.5. The van der Waals surface area contributed by atoms with Crippen molar-refractivity contribution >= 4 is 17.3 Å². The third-order valence-electron chi connectivity index (χ3n) is 3.90. The van der Waals surface area contributed by atoms with Gasteiger partial charge in [-0.15, -0.1) is 11.3 Å². The molecule has 1 aliphatic rings. The minimum absolute atomic E-state index is 0.518. The van der Waals surface area contributed by atoms with Crippen LogP contribution in [0.2, 0.25) is 0 Å². The molecule has 0 aliphatic carbocycles. The summed E-state index contributed by atoms with van der Waals surface area (Å²) in [5.41, 5.74) is 1.08. The summed E-state index contributed by atoms with van der Waals surface area (Å²) in [6.07, 6.45) is 2.35. The van der Waals surface area contributed by atoms with Gasteiger partial charge in [-0.1, -0.05) is 0 Å². The fraction of sp³-hybridized carbons (Fsp3) is 0.733. The van der Waals surface area contributed by atoms with E-state index in [0.717, 1.165) is 36.3 Å². The van der Waals surface area contributed by atoms with E-state index in [-0.39, 0.29) is 0 Å². The predicted molar refractivity (Wildman–Crippen MR) is 89.9 cm³/mol. The van der Waals surface area contributed by atoms with Crippen LogP contribution in [0.4, 0.5) is 0 Å². The van der Waals surface area contributed by atoms with Crippen molar-refractivity contribution in [1.29, 1.82) is 0 Å². The van der Waals surface area contributed by atoms with Gasteiger partial charge in [0.1, 0.15) is 5.01 Å². The predicted octanol–water partition coefficient (Wildman–Crippen LogP) is 1.99. The van der Waals surface area contributed by atoms with Crippen LogP contribution in [0.15, 0.2) is 10.4 Å². The van der Waals surface area contributed by atoms with Gasteiger partial charge in [-0.05, 0) is 33.6 Å². The van der Waals surface area contributed by atoms with Crippen LogP contribution in [-0.4, -0.2) is 48.1 Å². The fourth-order valence-electron chi connectivity index (χ4n) is 2.59. The number of aliphatic imine (C=N–C) groups is 1. The zero-order chi connectivity index (χ0) is 15.2. The highest BCUT2D eigenvalue weighted by Gasteiger charge is 2.21. The molecule has 2 rings (SSSR count). The Kier molecular flexibility index (Phi) is 5.99. The maximum Gasteiger partial charge on any atom is 0.191 e. The van der Waals surface area contributed by atoms with Gasteiger partial charge in [0.25, 0.3) is 0 Å². The van der Waals surface area contributed by atoms with E-state index in [4.69, 9.17) is 0 Å². The van der Waals surface area contributed by atoms with Gasteiger partial charge in [-0.3, -0.25) is 4.99 Å². The average Bonchev–Trinajstić information content (AvgIpc) is 2.89. The van der Waals surface area contributed by atoms with Crippen molar-refractivity contribution in [3.8, 4) is 0 Å².